The second-order valence-electron chi connectivity index (χ2n) is 5.41. The number of carbonyl (C=O) groups is 1. The number of aromatic hydroxyl groups is 1. The summed E-state index contributed by atoms with van der Waals surface area (Å²) in [4.78, 5) is 14.3. The van der Waals surface area contributed by atoms with Crippen LogP contribution in [-0.2, 0) is 4.79 Å². The third-order valence-electron chi connectivity index (χ3n) is 4.25. The SMILES string of the molecule is CNC(=O)C1CCCCN1C1COc2cc(O)ccc21. The Morgan fingerprint density at radius 3 is 3.10 bits per heavy atom. The zero-order valence-corrected chi connectivity index (χ0v) is 11.6. The van der Waals surface area contributed by atoms with Gasteiger partial charge in [0, 0.05) is 18.7 Å². The number of hydrogen-bond acceptors (Lipinski definition) is 4. The Kier molecular flexibility index (Phi) is 3.53. The van der Waals surface area contributed by atoms with Gasteiger partial charge in [0.2, 0.25) is 5.91 Å². The van der Waals surface area contributed by atoms with Crippen LogP contribution in [0.2, 0.25) is 0 Å². The molecule has 5 heteroatoms. The highest BCUT2D eigenvalue weighted by Gasteiger charge is 2.37. The van der Waals surface area contributed by atoms with Crippen molar-refractivity contribution in [1.29, 1.82) is 0 Å². The molecule has 2 aliphatic heterocycles. The fourth-order valence-corrected chi connectivity index (χ4v) is 3.23. The van der Waals surface area contributed by atoms with Crippen LogP contribution in [0.1, 0.15) is 30.9 Å². The van der Waals surface area contributed by atoms with Crippen molar-refractivity contribution < 1.29 is 14.6 Å². The first kappa shape index (κ1) is 13.2. The number of phenols is 1. The van der Waals surface area contributed by atoms with Crippen LogP contribution in [0.5, 0.6) is 11.5 Å². The molecule has 2 N–H and O–H groups in total. The van der Waals surface area contributed by atoms with Crippen LogP contribution in [0.3, 0.4) is 0 Å². The zero-order chi connectivity index (χ0) is 14.1. The molecular weight excluding hydrogens is 256 g/mol. The number of phenolic OH excluding ortho intramolecular Hbond substituents is 1. The van der Waals surface area contributed by atoms with Gasteiger partial charge in [0.25, 0.3) is 0 Å². The van der Waals surface area contributed by atoms with Crippen molar-refractivity contribution >= 4 is 5.91 Å². The summed E-state index contributed by atoms with van der Waals surface area (Å²) in [5.41, 5.74) is 1.07. The Balaban J connectivity index is 1.87. The number of ether oxygens (including phenoxy) is 1. The summed E-state index contributed by atoms with van der Waals surface area (Å²) < 4.78 is 5.67. The minimum Gasteiger partial charge on any atom is -0.508 e. The fraction of sp³-hybridized carbons (Fsp3) is 0.533. The molecule has 108 valence electrons. The average molecular weight is 276 g/mol. The highest BCUT2D eigenvalue weighted by Crippen LogP contribution is 2.40. The number of amides is 1. The normalized spacial score (nSPS) is 25.9. The first-order valence-corrected chi connectivity index (χ1v) is 7.14. The molecule has 5 nitrogen and oxygen atoms in total. The van der Waals surface area contributed by atoms with Crippen LogP contribution >= 0.6 is 0 Å². The van der Waals surface area contributed by atoms with Gasteiger partial charge < -0.3 is 15.2 Å². The lowest BCUT2D eigenvalue weighted by molar-refractivity contribution is -0.128. The molecule has 1 saturated heterocycles. The lowest BCUT2D eigenvalue weighted by atomic mass is 9.96. The molecular formula is C15H20N2O3. The molecule has 1 aromatic carbocycles. The van der Waals surface area contributed by atoms with Crippen molar-refractivity contribution in [3.05, 3.63) is 23.8 Å². The maximum Gasteiger partial charge on any atom is 0.237 e. The van der Waals surface area contributed by atoms with Crippen molar-refractivity contribution in [2.45, 2.75) is 31.3 Å². The number of likely N-dealkylation sites (tertiary alicyclic amines) is 1. The minimum atomic E-state index is -0.0814. The maximum absolute atomic E-state index is 12.1. The van der Waals surface area contributed by atoms with Gasteiger partial charge in [-0.3, -0.25) is 9.69 Å². The van der Waals surface area contributed by atoms with E-state index in [-0.39, 0.29) is 23.7 Å². The van der Waals surface area contributed by atoms with Gasteiger partial charge in [0.05, 0.1) is 12.1 Å². The molecule has 0 aliphatic carbocycles. The summed E-state index contributed by atoms with van der Waals surface area (Å²) in [5, 5.41) is 12.3. The Morgan fingerprint density at radius 2 is 2.30 bits per heavy atom. The number of hydrogen-bond donors (Lipinski definition) is 2. The van der Waals surface area contributed by atoms with Crippen LogP contribution in [0.4, 0.5) is 0 Å². The molecule has 0 saturated carbocycles. The van der Waals surface area contributed by atoms with E-state index in [4.69, 9.17) is 4.74 Å². The number of rotatable bonds is 2. The van der Waals surface area contributed by atoms with E-state index >= 15 is 0 Å². The first-order chi connectivity index (χ1) is 9.70. The van der Waals surface area contributed by atoms with Gasteiger partial charge in [0.1, 0.15) is 18.1 Å². The van der Waals surface area contributed by atoms with Gasteiger partial charge >= 0.3 is 0 Å². The molecule has 0 radical (unpaired) electrons. The number of benzene rings is 1. The number of nitrogens with zero attached hydrogens (tertiary/aromatic N) is 1. The topological polar surface area (TPSA) is 61.8 Å². The first-order valence-electron chi connectivity index (χ1n) is 7.14. The zero-order valence-electron chi connectivity index (χ0n) is 11.6. The highest BCUT2D eigenvalue weighted by molar-refractivity contribution is 5.81. The Bertz CT molecular complexity index is 518. The van der Waals surface area contributed by atoms with E-state index in [1.165, 1.54) is 0 Å². The second kappa shape index (κ2) is 5.32. The highest BCUT2D eigenvalue weighted by atomic mass is 16.5. The number of piperidine rings is 1. The van der Waals surface area contributed by atoms with Crippen LogP contribution in [0.15, 0.2) is 18.2 Å². The smallest absolute Gasteiger partial charge is 0.237 e. The van der Waals surface area contributed by atoms with Crippen molar-refractivity contribution in [1.82, 2.24) is 10.2 Å². The molecule has 2 unspecified atom stereocenters. The van der Waals surface area contributed by atoms with Crippen molar-refractivity contribution in [3.8, 4) is 11.5 Å². The maximum atomic E-state index is 12.1. The Hall–Kier alpha value is -1.75. The van der Waals surface area contributed by atoms with Crippen LogP contribution in [0.25, 0.3) is 0 Å². The number of carbonyl (C=O) groups excluding carboxylic acids is 1. The standard InChI is InChI=1S/C15H20N2O3/c1-16-15(19)12-4-2-3-7-17(12)13-9-20-14-8-10(18)5-6-11(13)14/h5-6,8,12-13,18H,2-4,7,9H2,1H3,(H,16,19). The van der Waals surface area contributed by atoms with Gasteiger partial charge in [-0.15, -0.1) is 0 Å². The van der Waals surface area contributed by atoms with E-state index < -0.39 is 0 Å². The van der Waals surface area contributed by atoms with Crippen molar-refractivity contribution in [2.24, 2.45) is 0 Å². The Morgan fingerprint density at radius 1 is 1.45 bits per heavy atom. The fourth-order valence-electron chi connectivity index (χ4n) is 3.23. The minimum absolute atomic E-state index is 0.0805. The summed E-state index contributed by atoms with van der Waals surface area (Å²) in [5.74, 6) is 1.03. The van der Waals surface area contributed by atoms with E-state index in [1.807, 2.05) is 6.07 Å². The van der Waals surface area contributed by atoms with E-state index in [1.54, 1.807) is 19.2 Å². The number of likely N-dealkylation sites (N-methyl/N-ethyl adjacent to an activating group) is 1. The van der Waals surface area contributed by atoms with Gasteiger partial charge in [-0.2, -0.15) is 0 Å². The molecule has 1 fully saturated rings. The van der Waals surface area contributed by atoms with E-state index in [2.05, 4.69) is 10.2 Å². The summed E-state index contributed by atoms with van der Waals surface area (Å²) in [6.45, 7) is 1.46. The van der Waals surface area contributed by atoms with E-state index in [0.29, 0.717) is 6.61 Å². The van der Waals surface area contributed by atoms with Gasteiger partial charge in [-0.1, -0.05) is 6.42 Å². The predicted molar refractivity (Wildman–Crippen MR) is 74.8 cm³/mol. The molecule has 0 aromatic heterocycles. The molecule has 1 amide bonds. The summed E-state index contributed by atoms with van der Waals surface area (Å²) in [7, 11) is 1.69. The number of fused-ring (bicyclic) bond motifs is 1. The average Bonchev–Trinajstić information content (AvgIpc) is 2.89. The van der Waals surface area contributed by atoms with Crippen molar-refractivity contribution in [2.75, 3.05) is 20.2 Å². The van der Waals surface area contributed by atoms with Crippen LogP contribution < -0.4 is 10.1 Å². The molecule has 3 rings (SSSR count). The second-order valence-corrected chi connectivity index (χ2v) is 5.41. The van der Waals surface area contributed by atoms with Crippen LogP contribution in [0, 0.1) is 0 Å². The molecule has 2 atom stereocenters. The Labute approximate surface area is 118 Å². The largest absolute Gasteiger partial charge is 0.508 e. The summed E-state index contributed by atoms with van der Waals surface area (Å²) >= 11 is 0. The van der Waals surface area contributed by atoms with Gasteiger partial charge in [-0.05, 0) is 31.5 Å². The van der Waals surface area contributed by atoms with E-state index in [9.17, 15) is 9.90 Å². The lowest BCUT2D eigenvalue weighted by Crippen LogP contribution is -2.50. The molecule has 2 heterocycles. The lowest BCUT2D eigenvalue weighted by Gasteiger charge is -2.38. The quantitative estimate of drug-likeness (QED) is 0.857. The third kappa shape index (κ3) is 2.22. The summed E-state index contributed by atoms with van der Waals surface area (Å²) in [6, 6.07) is 5.25. The molecule has 2 aliphatic rings. The molecule has 0 spiro atoms. The summed E-state index contributed by atoms with van der Waals surface area (Å²) in [6.07, 6.45) is 3.09. The van der Waals surface area contributed by atoms with Gasteiger partial charge in [0.15, 0.2) is 0 Å². The number of nitrogens with one attached hydrogen (secondary N) is 1. The monoisotopic (exact) mass is 276 g/mol. The van der Waals surface area contributed by atoms with Crippen molar-refractivity contribution in [3.63, 3.8) is 0 Å². The molecule has 20 heavy (non-hydrogen) atoms. The van der Waals surface area contributed by atoms with E-state index in [0.717, 1.165) is 37.1 Å². The predicted octanol–water partition coefficient (Wildman–Crippen LogP) is 1.43. The molecule has 1 aromatic rings. The van der Waals surface area contributed by atoms with Crippen LogP contribution in [-0.4, -0.2) is 42.2 Å². The van der Waals surface area contributed by atoms with Gasteiger partial charge in [-0.25, -0.2) is 0 Å². The third-order valence-corrected chi connectivity index (χ3v) is 4.25. The molecule has 0 bridgehead atoms.